The highest BCUT2D eigenvalue weighted by atomic mass is 16.6. The fraction of sp³-hybridized carbons (Fsp3) is 0.462. The largest absolute Gasteiger partial charge is 0.383 e. The molecule has 0 radical (unpaired) electrons. The van der Waals surface area contributed by atoms with Crippen LogP contribution in [0.3, 0.4) is 0 Å². The first-order valence-electron chi connectivity index (χ1n) is 7.41. The second kappa shape index (κ2) is 8.17. The Morgan fingerprint density at radius 2 is 2.00 bits per heavy atom. The first-order chi connectivity index (χ1) is 11.5. The first-order valence-corrected chi connectivity index (χ1v) is 7.41. The van der Waals surface area contributed by atoms with Crippen molar-refractivity contribution in [3.05, 3.63) is 22.2 Å². The fourth-order valence-electron chi connectivity index (χ4n) is 2.07. The molecule has 0 aliphatic heterocycles. The van der Waals surface area contributed by atoms with E-state index in [1.807, 2.05) is 0 Å². The van der Waals surface area contributed by atoms with E-state index in [9.17, 15) is 14.9 Å². The zero-order valence-corrected chi connectivity index (χ0v) is 12.9. The smallest absolute Gasteiger partial charge is 0.300 e. The Balaban J connectivity index is 1.80. The third kappa shape index (κ3) is 4.14. The molecule has 1 atom stereocenters. The lowest BCUT2D eigenvalue weighted by atomic mass is 10.2. The van der Waals surface area contributed by atoms with Crippen LogP contribution in [0.1, 0.15) is 12.8 Å². The summed E-state index contributed by atoms with van der Waals surface area (Å²) in [7, 11) is 0. The van der Waals surface area contributed by atoms with E-state index < -0.39 is 11.0 Å². The molecule has 2 aromatic rings. The van der Waals surface area contributed by atoms with Crippen molar-refractivity contribution in [3.63, 3.8) is 0 Å². The summed E-state index contributed by atoms with van der Waals surface area (Å²) in [6.07, 6.45) is 1.51. The number of aromatic nitrogens is 2. The van der Waals surface area contributed by atoms with Gasteiger partial charge in [-0.15, -0.1) is 0 Å². The van der Waals surface area contributed by atoms with Crippen molar-refractivity contribution >= 4 is 28.3 Å². The van der Waals surface area contributed by atoms with Gasteiger partial charge in [0.25, 0.3) is 0 Å². The number of hydrogen-bond acceptors (Lipinski definition) is 9. The molecule has 6 N–H and O–H groups in total. The molecule has 11 nitrogen and oxygen atoms in total. The van der Waals surface area contributed by atoms with Gasteiger partial charge in [0.05, 0.1) is 16.7 Å². The van der Waals surface area contributed by atoms with Gasteiger partial charge in [0, 0.05) is 25.7 Å². The molecule has 1 heterocycles. The van der Waals surface area contributed by atoms with Gasteiger partial charge < -0.3 is 22.1 Å². The van der Waals surface area contributed by atoms with E-state index in [-0.39, 0.29) is 23.7 Å². The summed E-state index contributed by atoms with van der Waals surface area (Å²) in [6.45, 7) is 1.20. The molecule has 11 heteroatoms. The molecule has 1 unspecified atom stereocenters. The van der Waals surface area contributed by atoms with E-state index in [4.69, 9.17) is 11.5 Å². The summed E-state index contributed by atoms with van der Waals surface area (Å²) in [6, 6.07) is 2.23. The Hall–Kier alpha value is -2.79. The lowest BCUT2D eigenvalue weighted by Gasteiger charge is -2.10. The van der Waals surface area contributed by atoms with Crippen molar-refractivity contribution in [1.29, 1.82) is 0 Å². The Morgan fingerprint density at radius 1 is 1.29 bits per heavy atom. The predicted octanol–water partition coefficient (Wildman–Crippen LogP) is -0.275. The number of amides is 1. The van der Waals surface area contributed by atoms with E-state index in [1.54, 1.807) is 6.07 Å². The van der Waals surface area contributed by atoms with Crippen LogP contribution in [-0.2, 0) is 4.79 Å². The van der Waals surface area contributed by atoms with Gasteiger partial charge in [-0.1, -0.05) is 0 Å². The van der Waals surface area contributed by atoms with Crippen LogP contribution in [-0.4, -0.2) is 46.8 Å². The van der Waals surface area contributed by atoms with E-state index in [0.717, 1.165) is 12.8 Å². The molecule has 0 spiro atoms. The number of nitro groups is 1. The highest BCUT2D eigenvalue weighted by Crippen LogP contribution is 2.28. The van der Waals surface area contributed by atoms with E-state index in [2.05, 4.69) is 25.6 Å². The number of nitro benzene ring substituents is 1. The van der Waals surface area contributed by atoms with Crippen molar-refractivity contribution in [2.45, 2.75) is 18.9 Å². The minimum Gasteiger partial charge on any atom is -0.383 e. The average molecular weight is 337 g/mol. The molecule has 0 fully saturated rings. The van der Waals surface area contributed by atoms with Crippen molar-refractivity contribution in [2.75, 3.05) is 25.0 Å². The third-order valence-corrected chi connectivity index (χ3v) is 3.40. The van der Waals surface area contributed by atoms with Gasteiger partial charge in [-0.25, -0.2) is 4.63 Å². The number of non-ortho nitro benzene ring substituents is 1. The van der Waals surface area contributed by atoms with E-state index in [1.165, 1.54) is 6.07 Å². The Bertz CT molecular complexity index is 717. The number of unbranched alkanes of at least 4 members (excludes halogenated alkanes) is 1. The van der Waals surface area contributed by atoms with Crippen LogP contribution < -0.4 is 22.1 Å². The zero-order chi connectivity index (χ0) is 17.5. The number of hydrogen-bond donors (Lipinski definition) is 4. The summed E-state index contributed by atoms with van der Waals surface area (Å²) in [5.41, 5.74) is 11.7. The summed E-state index contributed by atoms with van der Waals surface area (Å²) >= 11 is 0. The maximum Gasteiger partial charge on any atom is 0.300 e. The Labute approximate surface area is 136 Å². The minimum absolute atomic E-state index is 0.105. The number of nitrogens with zero attached hydrogens (tertiary/aromatic N) is 3. The molecule has 0 bridgehead atoms. The maximum absolute atomic E-state index is 11.4. The van der Waals surface area contributed by atoms with Crippen LogP contribution in [0.15, 0.2) is 16.8 Å². The van der Waals surface area contributed by atoms with Crippen LogP contribution in [0.4, 0.5) is 11.4 Å². The average Bonchev–Trinajstić information content (AvgIpc) is 3.06. The van der Waals surface area contributed by atoms with E-state index in [0.29, 0.717) is 24.3 Å². The van der Waals surface area contributed by atoms with Gasteiger partial charge >= 0.3 is 5.69 Å². The number of carbonyl (C=O) groups is 1. The van der Waals surface area contributed by atoms with Gasteiger partial charge in [-0.3, -0.25) is 14.9 Å². The normalized spacial score (nSPS) is 12.1. The van der Waals surface area contributed by atoms with Crippen LogP contribution in [0.2, 0.25) is 0 Å². The third-order valence-electron chi connectivity index (χ3n) is 3.40. The highest BCUT2D eigenvalue weighted by molar-refractivity contribution is 5.93. The number of nitrogens with one attached hydrogen (secondary N) is 2. The molecule has 1 aromatic heterocycles. The van der Waals surface area contributed by atoms with Gasteiger partial charge in [0.1, 0.15) is 0 Å². The van der Waals surface area contributed by atoms with Gasteiger partial charge in [-0.2, -0.15) is 0 Å². The zero-order valence-electron chi connectivity index (χ0n) is 12.9. The second-order valence-corrected chi connectivity index (χ2v) is 5.12. The molecule has 0 aliphatic carbocycles. The Kier molecular flexibility index (Phi) is 5.98. The quantitative estimate of drug-likeness (QED) is 0.272. The second-order valence-electron chi connectivity index (χ2n) is 5.12. The minimum atomic E-state index is -0.684. The van der Waals surface area contributed by atoms with Crippen LogP contribution in [0, 0.1) is 10.1 Å². The van der Waals surface area contributed by atoms with Crippen LogP contribution in [0.25, 0.3) is 11.0 Å². The van der Waals surface area contributed by atoms with Crippen molar-refractivity contribution in [3.8, 4) is 0 Å². The first kappa shape index (κ1) is 17.6. The number of carbonyl (C=O) groups excluding carboxylic acids is 1. The number of anilines is 1. The van der Waals surface area contributed by atoms with Crippen molar-refractivity contribution in [2.24, 2.45) is 11.5 Å². The SMILES string of the molecule is NCC(N)C(=O)NCCCCNc1ccc([N+](=O)[O-])c2nonc12. The molecule has 1 aromatic carbocycles. The lowest BCUT2D eigenvalue weighted by Crippen LogP contribution is -2.45. The molecule has 0 aliphatic rings. The highest BCUT2D eigenvalue weighted by Gasteiger charge is 2.19. The molecule has 0 saturated carbocycles. The van der Waals surface area contributed by atoms with Gasteiger partial charge in [0.2, 0.25) is 11.4 Å². The van der Waals surface area contributed by atoms with E-state index >= 15 is 0 Å². The van der Waals surface area contributed by atoms with Gasteiger partial charge in [-0.05, 0) is 29.2 Å². The molecular weight excluding hydrogens is 318 g/mol. The topological polar surface area (TPSA) is 175 Å². The predicted molar refractivity (Wildman–Crippen MR) is 86.2 cm³/mol. The summed E-state index contributed by atoms with van der Waals surface area (Å²) < 4.78 is 4.59. The number of nitrogens with two attached hydrogens (primary N) is 2. The number of fused-ring (bicyclic) bond motifs is 1. The standard InChI is InChI=1S/C13H19N7O4/c14-7-8(15)13(21)17-6-2-1-5-16-9-3-4-10(20(22)23)12-11(9)18-24-19-12/h3-4,8,16H,1-2,5-7,14-15H2,(H,17,21). The molecule has 2 rings (SSSR count). The maximum atomic E-state index is 11.4. The fourth-order valence-corrected chi connectivity index (χ4v) is 2.07. The Morgan fingerprint density at radius 3 is 2.71 bits per heavy atom. The van der Waals surface area contributed by atoms with Crippen LogP contribution >= 0.6 is 0 Å². The van der Waals surface area contributed by atoms with Crippen LogP contribution in [0.5, 0.6) is 0 Å². The molecule has 1 amide bonds. The number of rotatable bonds is 9. The lowest BCUT2D eigenvalue weighted by molar-refractivity contribution is -0.383. The summed E-state index contributed by atoms with van der Waals surface area (Å²) in [4.78, 5) is 21.8. The van der Waals surface area contributed by atoms with Crippen molar-refractivity contribution < 1.29 is 14.3 Å². The summed E-state index contributed by atoms with van der Waals surface area (Å²) in [5.74, 6) is -0.267. The van der Waals surface area contributed by atoms with Gasteiger partial charge in [0.15, 0.2) is 5.52 Å². The molecule has 130 valence electrons. The monoisotopic (exact) mass is 337 g/mol. The number of benzene rings is 1. The molecule has 0 saturated heterocycles. The molecular formula is C13H19N7O4. The van der Waals surface area contributed by atoms with Crippen molar-refractivity contribution in [1.82, 2.24) is 15.6 Å². The molecule has 24 heavy (non-hydrogen) atoms. The summed E-state index contributed by atoms with van der Waals surface area (Å²) in [5, 5.41) is 24.0.